The molecule has 0 spiro atoms. The molecule has 1 aromatic heterocycles. The van der Waals surface area contributed by atoms with Crippen LogP contribution in [0.2, 0.25) is 5.02 Å². The van der Waals surface area contributed by atoms with Crippen LogP contribution in [0.1, 0.15) is 32.1 Å². The zero-order valence-electron chi connectivity index (χ0n) is 13.7. The van der Waals surface area contributed by atoms with E-state index in [4.69, 9.17) is 16.6 Å². The van der Waals surface area contributed by atoms with Gasteiger partial charge in [0, 0.05) is 37.1 Å². The van der Waals surface area contributed by atoms with Crippen LogP contribution in [0.15, 0.2) is 18.2 Å². The van der Waals surface area contributed by atoms with Gasteiger partial charge in [0.25, 0.3) is 0 Å². The van der Waals surface area contributed by atoms with Gasteiger partial charge in [0.2, 0.25) is 5.91 Å². The molecule has 1 aliphatic heterocycles. The molecule has 0 unspecified atom stereocenters. The lowest BCUT2D eigenvalue weighted by molar-refractivity contribution is -0.136. The Kier molecular flexibility index (Phi) is 4.63. The van der Waals surface area contributed by atoms with Gasteiger partial charge in [0.05, 0.1) is 10.2 Å². The van der Waals surface area contributed by atoms with Crippen molar-refractivity contribution in [1.29, 1.82) is 0 Å². The predicted octanol–water partition coefficient (Wildman–Crippen LogP) is 4.18. The number of thiazole rings is 1. The van der Waals surface area contributed by atoms with Gasteiger partial charge in [-0.25, -0.2) is 4.98 Å². The first-order valence-electron chi connectivity index (χ1n) is 8.80. The van der Waals surface area contributed by atoms with Crippen molar-refractivity contribution in [2.75, 3.05) is 31.1 Å². The molecule has 1 amide bonds. The smallest absolute Gasteiger partial charge is 0.225 e. The molecule has 2 fully saturated rings. The summed E-state index contributed by atoms with van der Waals surface area (Å²) >= 11 is 7.75. The lowest BCUT2D eigenvalue weighted by Crippen LogP contribution is -2.50. The van der Waals surface area contributed by atoms with Crippen LogP contribution >= 0.6 is 22.9 Å². The Labute approximate surface area is 151 Å². The van der Waals surface area contributed by atoms with Crippen molar-refractivity contribution in [3.8, 4) is 0 Å². The van der Waals surface area contributed by atoms with E-state index in [1.165, 1.54) is 19.3 Å². The van der Waals surface area contributed by atoms with E-state index in [1.807, 2.05) is 18.2 Å². The molecular weight excluding hydrogens is 342 g/mol. The van der Waals surface area contributed by atoms with Crippen molar-refractivity contribution >= 4 is 44.2 Å². The minimum absolute atomic E-state index is 0.273. The quantitative estimate of drug-likeness (QED) is 0.803. The van der Waals surface area contributed by atoms with Crippen LogP contribution in [0.3, 0.4) is 0 Å². The van der Waals surface area contributed by atoms with E-state index < -0.39 is 0 Å². The number of nitrogens with zero attached hydrogens (tertiary/aromatic N) is 3. The van der Waals surface area contributed by atoms with Crippen molar-refractivity contribution in [3.63, 3.8) is 0 Å². The second-order valence-electron chi connectivity index (χ2n) is 6.76. The van der Waals surface area contributed by atoms with Crippen molar-refractivity contribution in [2.45, 2.75) is 32.1 Å². The number of carbonyl (C=O) groups is 1. The van der Waals surface area contributed by atoms with Crippen LogP contribution in [-0.4, -0.2) is 42.0 Å². The second-order valence-corrected chi connectivity index (χ2v) is 8.20. The highest BCUT2D eigenvalue weighted by Gasteiger charge is 2.29. The minimum Gasteiger partial charge on any atom is -0.345 e. The van der Waals surface area contributed by atoms with Crippen LogP contribution in [0.5, 0.6) is 0 Å². The largest absolute Gasteiger partial charge is 0.345 e. The van der Waals surface area contributed by atoms with Gasteiger partial charge >= 0.3 is 0 Å². The number of hydrogen-bond acceptors (Lipinski definition) is 4. The van der Waals surface area contributed by atoms with E-state index in [0.29, 0.717) is 5.91 Å². The van der Waals surface area contributed by atoms with Gasteiger partial charge in [-0.15, -0.1) is 0 Å². The summed E-state index contributed by atoms with van der Waals surface area (Å²) in [6.07, 6.45) is 5.88. The maximum Gasteiger partial charge on any atom is 0.225 e. The van der Waals surface area contributed by atoms with E-state index in [2.05, 4.69) is 9.80 Å². The SMILES string of the molecule is O=C(C1CCCCC1)N1CCN(c2nc3ccc(Cl)cc3s2)CC1. The van der Waals surface area contributed by atoms with Crippen molar-refractivity contribution in [2.24, 2.45) is 5.92 Å². The highest BCUT2D eigenvalue weighted by atomic mass is 35.5. The number of amides is 1. The number of aromatic nitrogens is 1. The van der Waals surface area contributed by atoms with Crippen LogP contribution < -0.4 is 4.90 Å². The van der Waals surface area contributed by atoms with E-state index in [-0.39, 0.29) is 5.92 Å². The molecule has 0 N–H and O–H groups in total. The maximum atomic E-state index is 12.7. The lowest BCUT2D eigenvalue weighted by Gasteiger charge is -2.37. The van der Waals surface area contributed by atoms with Crippen LogP contribution in [0, 0.1) is 5.92 Å². The first-order valence-corrected chi connectivity index (χ1v) is 10.00. The third kappa shape index (κ3) is 3.24. The van der Waals surface area contributed by atoms with E-state index in [0.717, 1.165) is 59.4 Å². The van der Waals surface area contributed by atoms with Crippen molar-refractivity contribution in [3.05, 3.63) is 23.2 Å². The molecule has 1 saturated heterocycles. The number of hydrogen-bond donors (Lipinski definition) is 0. The van der Waals surface area contributed by atoms with Crippen LogP contribution in [-0.2, 0) is 4.79 Å². The topological polar surface area (TPSA) is 36.4 Å². The normalized spacial score (nSPS) is 19.9. The van der Waals surface area contributed by atoms with E-state index in [1.54, 1.807) is 11.3 Å². The highest BCUT2D eigenvalue weighted by Crippen LogP contribution is 2.32. The zero-order valence-corrected chi connectivity index (χ0v) is 15.3. The molecule has 1 saturated carbocycles. The molecular formula is C18H22ClN3OS. The third-order valence-electron chi connectivity index (χ3n) is 5.16. The fourth-order valence-corrected chi connectivity index (χ4v) is 5.04. The molecule has 2 aliphatic rings. The minimum atomic E-state index is 0.273. The van der Waals surface area contributed by atoms with Crippen molar-refractivity contribution in [1.82, 2.24) is 9.88 Å². The Bertz CT molecular complexity index is 733. The van der Waals surface area contributed by atoms with Gasteiger partial charge in [0.1, 0.15) is 0 Å². The van der Waals surface area contributed by atoms with Gasteiger partial charge < -0.3 is 9.80 Å². The van der Waals surface area contributed by atoms with Crippen LogP contribution in [0.25, 0.3) is 10.2 Å². The number of piperazine rings is 1. The highest BCUT2D eigenvalue weighted by molar-refractivity contribution is 7.22. The summed E-state index contributed by atoms with van der Waals surface area (Å²) in [6.45, 7) is 3.36. The second kappa shape index (κ2) is 6.89. The molecule has 1 aliphatic carbocycles. The average molecular weight is 364 g/mol. The number of halogens is 1. The Hall–Kier alpha value is -1.33. The first-order chi connectivity index (χ1) is 11.7. The molecule has 128 valence electrons. The summed E-state index contributed by atoms with van der Waals surface area (Å²) in [7, 11) is 0. The molecule has 2 heterocycles. The molecule has 4 rings (SSSR count). The summed E-state index contributed by atoms with van der Waals surface area (Å²) in [5.74, 6) is 0.653. The molecule has 0 bridgehead atoms. The van der Waals surface area contributed by atoms with Gasteiger partial charge in [-0.1, -0.05) is 42.2 Å². The zero-order chi connectivity index (χ0) is 16.5. The van der Waals surface area contributed by atoms with Crippen molar-refractivity contribution < 1.29 is 4.79 Å². The summed E-state index contributed by atoms with van der Waals surface area (Å²) < 4.78 is 1.12. The Morgan fingerprint density at radius 2 is 1.88 bits per heavy atom. The van der Waals surface area contributed by atoms with Gasteiger partial charge in [-0.2, -0.15) is 0 Å². The fraction of sp³-hybridized carbons (Fsp3) is 0.556. The number of fused-ring (bicyclic) bond motifs is 1. The monoisotopic (exact) mass is 363 g/mol. The summed E-state index contributed by atoms with van der Waals surface area (Å²) in [5, 5.41) is 1.79. The van der Waals surface area contributed by atoms with Gasteiger partial charge in [-0.3, -0.25) is 4.79 Å². The third-order valence-corrected chi connectivity index (χ3v) is 6.47. The molecule has 2 aromatic rings. The Morgan fingerprint density at radius 1 is 1.12 bits per heavy atom. The van der Waals surface area contributed by atoms with Gasteiger partial charge in [-0.05, 0) is 31.0 Å². The number of rotatable bonds is 2. The number of anilines is 1. The Morgan fingerprint density at radius 3 is 2.62 bits per heavy atom. The Balaban J connectivity index is 1.40. The lowest BCUT2D eigenvalue weighted by atomic mass is 9.88. The molecule has 1 aromatic carbocycles. The average Bonchev–Trinajstić information content (AvgIpc) is 3.05. The maximum absolute atomic E-state index is 12.7. The first kappa shape index (κ1) is 16.2. The summed E-state index contributed by atoms with van der Waals surface area (Å²) in [5.41, 5.74) is 1.00. The molecule has 0 atom stereocenters. The number of benzene rings is 1. The summed E-state index contributed by atoms with van der Waals surface area (Å²) in [6, 6.07) is 5.83. The number of carbonyl (C=O) groups excluding carboxylic acids is 1. The molecule has 24 heavy (non-hydrogen) atoms. The standard InChI is InChI=1S/C18H22ClN3OS/c19-14-6-7-15-16(12-14)24-18(20-15)22-10-8-21(9-11-22)17(23)13-4-2-1-3-5-13/h6-7,12-13H,1-5,8-11H2. The molecule has 4 nitrogen and oxygen atoms in total. The molecule has 0 radical (unpaired) electrons. The molecule has 6 heteroatoms. The predicted molar refractivity (Wildman–Crippen MR) is 100.0 cm³/mol. The van der Waals surface area contributed by atoms with E-state index >= 15 is 0 Å². The van der Waals surface area contributed by atoms with Crippen LogP contribution in [0.4, 0.5) is 5.13 Å². The fourth-order valence-electron chi connectivity index (χ4n) is 3.75. The summed E-state index contributed by atoms with van der Waals surface area (Å²) in [4.78, 5) is 21.7. The van der Waals surface area contributed by atoms with E-state index in [9.17, 15) is 4.79 Å². The van der Waals surface area contributed by atoms with Gasteiger partial charge in [0.15, 0.2) is 5.13 Å².